The molecule has 0 saturated carbocycles. The maximum Gasteiger partial charge on any atom is 0.212 e. The van der Waals surface area contributed by atoms with Crippen LogP contribution in [-0.4, -0.2) is 14.2 Å². The zero-order valence-electron chi connectivity index (χ0n) is 3.93. The molecule has 0 aliphatic carbocycles. The molecule has 0 heterocycles. The molecule has 3 nitrogen and oxygen atoms in total. The SMILES string of the molecule is [C]NS(=O)(=O)CC. The average Bonchev–Trinajstić information content (AvgIpc) is 1.68. The van der Waals surface area contributed by atoms with Gasteiger partial charge in [-0.25, -0.2) is 13.1 Å². The Hall–Kier alpha value is -0.0900. The standard InChI is InChI=1S/C3H6NO2S/c1-3-7(5,6)4-2/h4H,3H2,1H3. The Bertz CT molecular complexity index is 116. The maximum atomic E-state index is 10.1. The van der Waals surface area contributed by atoms with Gasteiger partial charge in [-0.2, -0.15) is 0 Å². The van der Waals surface area contributed by atoms with Crippen molar-refractivity contribution in [1.82, 2.24) is 4.72 Å². The minimum atomic E-state index is -3.24. The topological polar surface area (TPSA) is 46.2 Å². The zero-order valence-corrected chi connectivity index (χ0v) is 4.75. The number of hydrogen-bond acceptors (Lipinski definition) is 2. The fourth-order valence-corrected chi connectivity index (χ4v) is 0.217. The van der Waals surface area contributed by atoms with Gasteiger partial charge in [0.05, 0.1) is 5.75 Å². The van der Waals surface area contributed by atoms with E-state index in [0.29, 0.717) is 0 Å². The number of nitrogens with one attached hydrogen (secondary N) is 1. The van der Waals surface area contributed by atoms with Crippen molar-refractivity contribution >= 4 is 10.0 Å². The summed E-state index contributed by atoms with van der Waals surface area (Å²) in [5.74, 6) is -0.0312. The Kier molecular flexibility index (Phi) is 2.25. The van der Waals surface area contributed by atoms with Crippen molar-refractivity contribution < 1.29 is 8.42 Å². The summed E-state index contributed by atoms with van der Waals surface area (Å²) in [7, 11) is 2.93. The van der Waals surface area contributed by atoms with Gasteiger partial charge in [0.25, 0.3) is 0 Å². The second-order valence-corrected chi connectivity index (χ2v) is 3.02. The molecule has 7 heavy (non-hydrogen) atoms. The van der Waals surface area contributed by atoms with E-state index in [9.17, 15) is 8.42 Å². The van der Waals surface area contributed by atoms with Crippen LogP contribution in [-0.2, 0) is 10.0 Å². The van der Waals surface area contributed by atoms with Crippen LogP contribution in [0.1, 0.15) is 6.92 Å². The molecule has 0 unspecified atom stereocenters. The van der Waals surface area contributed by atoms with Crippen LogP contribution in [0, 0.1) is 7.05 Å². The van der Waals surface area contributed by atoms with Crippen molar-refractivity contribution in [2.75, 3.05) is 5.75 Å². The largest absolute Gasteiger partial charge is 0.212 e. The van der Waals surface area contributed by atoms with E-state index in [2.05, 4.69) is 0 Å². The number of sulfonamides is 1. The Morgan fingerprint density at radius 2 is 2.14 bits per heavy atom. The second-order valence-electron chi connectivity index (χ2n) is 1.01. The van der Waals surface area contributed by atoms with Crippen LogP contribution in [0.25, 0.3) is 0 Å². The third kappa shape index (κ3) is 2.59. The summed E-state index contributed by atoms with van der Waals surface area (Å²) in [5, 5.41) is 0. The maximum absolute atomic E-state index is 10.1. The van der Waals surface area contributed by atoms with Crippen LogP contribution in [0.5, 0.6) is 0 Å². The molecule has 0 atom stereocenters. The normalized spacial score (nSPS) is 11.7. The molecular formula is C3H6NO2S. The van der Waals surface area contributed by atoms with E-state index in [0.717, 1.165) is 0 Å². The monoisotopic (exact) mass is 120 g/mol. The smallest absolute Gasteiger partial charge is 0.212 e. The Balaban J connectivity index is 3.89. The van der Waals surface area contributed by atoms with Crippen molar-refractivity contribution in [2.45, 2.75) is 6.92 Å². The van der Waals surface area contributed by atoms with Crippen molar-refractivity contribution in [3.63, 3.8) is 0 Å². The van der Waals surface area contributed by atoms with Gasteiger partial charge in [0.15, 0.2) is 0 Å². The molecule has 4 heteroatoms. The molecule has 41 valence electrons. The second kappa shape index (κ2) is 2.28. The third-order valence-electron chi connectivity index (χ3n) is 0.536. The minimum Gasteiger partial charge on any atom is -0.212 e. The molecule has 1 N–H and O–H groups in total. The van der Waals surface area contributed by atoms with Crippen LogP contribution in [0.4, 0.5) is 0 Å². The molecule has 0 fully saturated rings. The molecule has 0 saturated heterocycles. The van der Waals surface area contributed by atoms with E-state index in [1.54, 1.807) is 0 Å². The summed E-state index contributed by atoms with van der Waals surface area (Å²) < 4.78 is 21.6. The van der Waals surface area contributed by atoms with Crippen LogP contribution >= 0.6 is 0 Å². The van der Waals surface area contributed by atoms with Gasteiger partial charge < -0.3 is 0 Å². The predicted molar refractivity (Wildman–Crippen MR) is 25.8 cm³/mol. The summed E-state index contributed by atoms with van der Waals surface area (Å²) in [6.07, 6.45) is 0. The minimum absolute atomic E-state index is 0.0312. The zero-order chi connectivity index (χ0) is 5.91. The lowest BCUT2D eigenvalue weighted by atomic mass is 11.0. The highest BCUT2D eigenvalue weighted by Gasteiger charge is 1.98. The Morgan fingerprint density at radius 1 is 1.71 bits per heavy atom. The lowest BCUT2D eigenvalue weighted by Crippen LogP contribution is -2.17. The van der Waals surface area contributed by atoms with Gasteiger partial charge in [-0.15, -0.1) is 0 Å². The average molecular weight is 120 g/mol. The van der Waals surface area contributed by atoms with Crippen molar-refractivity contribution in [3.05, 3.63) is 7.05 Å². The van der Waals surface area contributed by atoms with E-state index in [-0.39, 0.29) is 5.75 Å². The lowest BCUT2D eigenvalue weighted by molar-refractivity contribution is 0.591. The highest BCUT2D eigenvalue weighted by atomic mass is 32.2. The summed E-state index contributed by atoms with van der Waals surface area (Å²) in [6, 6.07) is 0. The number of rotatable bonds is 2. The van der Waals surface area contributed by atoms with Gasteiger partial charge >= 0.3 is 0 Å². The molecule has 0 aliphatic rings. The predicted octanol–water partition coefficient (Wildman–Crippen LogP) is -0.529. The van der Waals surface area contributed by atoms with Crippen LogP contribution in [0.3, 0.4) is 0 Å². The molecular weight excluding hydrogens is 114 g/mol. The first-order chi connectivity index (χ1) is 3.12. The lowest BCUT2D eigenvalue weighted by Gasteiger charge is -1.91. The first-order valence-electron chi connectivity index (χ1n) is 1.78. The highest BCUT2D eigenvalue weighted by Crippen LogP contribution is 1.76. The molecule has 0 rings (SSSR count). The molecule has 0 spiro atoms. The van der Waals surface area contributed by atoms with Gasteiger partial charge in [0, 0.05) is 0 Å². The molecule has 0 aromatic heterocycles. The van der Waals surface area contributed by atoms with Crippen molar-refractivity contribution in [1.29, 1.82) is 0 Å². The summed E-state index contributed by atoms with van der Waals surface area (Å²) in [5.41, 5.74) is 0. The molecule has 0 bridgehead atoms. The van der Waals surface area contributed by atoms with E-state index < -0.39 is 10.0 Å². The van der Waals surface area contributed by atoms with E-state index in [1.165, 1.54) is 11.6 Å². The third-order valence-corrected chi connectivity index (χ3v) is 1.61. The number of hydrogen-bond donors (Lipinski definition) is 1. The summed E-state index contributed by atoms with van der Waals surface area (Å²) >= 11 is 0. The summed E-state index contributed by atoms with van der Waals surface area (Å²) in [6.45, 7) is 1.47. The molecule has 0 aromatic rings. The van der Waals surface area contributed by atoms with Gasteiger partial charge in [-0.05, 0) is 6.92 Å². The van der Waals surface area contributed by atoms with Crippen LogP contribution < -0.4 is 4.72 Å². The first-order valence-corrected chi connectivity index (χ1v) is 3.44. The quantitative estimate of drug-likeness (QED) is 0.532. The van der Waals surface area contributed by atoms with Gasteiger partial charge in [0.1, 0.15) is 7.05 Å². The molecule has 3 radical (unpaired) electrons. The Labute approximate surface area is 43.8 Å². The van der Waals surface area contributed by atoms with Crippen LogP contribution in [0.15, 0.2) is 0 Å². The van der Waals surface area contributed by atoms with Crippen molar-refractivity contribution in [3.8, 4) is 0 Å². The van der Waals surface area contributed by atoms with Gasteiger partial charge in [0.2, 0.25) is 10.0 Å². The molecule has 0 aliphatic heterocycles. The van der Waals surface area contributed by atoms with E-state index in [4.69, 9.17) is 7.05 Å². The fraction of sp³-hybridized carbons (Fsp3) is 0.667. The molecule has 0 aromatic carbocycles. The van der Waals surface area contributed by atoms with Crippen molar-refractivity contribution in [2.24, 2.45) is 0 Å². The summed E-state index contributed by atoms with van der Waals surface area (Å²) in [4.78, 5) is 0. The fourth-order valence-electron chi connectivity index (χ4n) is 0.0722. The van der Waals surface area contributed by atoms with Crippen LogP contribution in [0.2, 0.25) is 0 Å². The Morgan fingerprint density at radius 3 is 2.14 bits per heavy atom. The van der Waals surface area contributed by atoms with Gasteiger partial charge in [-0.3, -0.25) is 0 Å². The highest BCUT2D eigenvalue weighted by molar-refractivity contribution is 7.89. The van der Waals surface area contributed by atoms with Gasteiger partial charge in [-0.1, -0.05) is 0 Å². The van der Waals surface area contributed by atoms with E-state index in [1.807, 2.05) is 0 Å². The first kappa shape index (κ1) is 6.91. The molecule has 0 amide bonds. The van der Waals surface area contributed by atoms with E-state index >= 15 is 0 Å².